The molecular weight excluding hydrogens is 232 g/mol. The van der Waals surface area contributed by atoms with Gasteiger partial charge in [-0.05, 0) is 13.0 Å². The highest BCUT2D eigenvalue weighted by atomic mass is 35.5. The van der Waals surface area contributed by atoms with Gasteiger partial charge in [0.05, 0.1) is 4.92 Å². The Hall–Kier alpha value is -1.43. The maximum Gasteiger partial charge on any atom is 0.487 e. The Bertz CT molecular complexity index is 392. The standard InChI is InChI=1S/C8H6ClF2NO3/c1-5-3-2-4-6(7(5)12(13)14)15-8(9,10)11/h2-4H,1H3. The lowest BCUT2D eigenvalue weighted by molar-refractivity contribution is -0.387. The minimum atomic E-state index is -3.96. The van der Waals surface area contributed by atoms with Gasteiger partial charge in [-0.15, -0.1) is 8.78 Å². The Morgan fingerprint density at radius 2 is 2.13 bits per heavy atom. The van der Waals surface area contributed by atoms with Gasteiger partial charge in [0.1, 0.15) is 0 Å². The minimum Gasteiger partial charge on any atom is -0.413 e. The molecule has 1 aromatic carbocycles. The summed E-state index contributed by atoms with van der Waals surface area (Å²) in [6.45, 7) is 1.41. The Morgan fingerprint density at radius 3 is 2.60 bits per heavy atom. The van der Waals surface area contributed by atoms with Gasteiger partial charge >= 0.3 is 11.3 Å². The molecule has 0 unspecified atom stereocenters. The smallest absolute Gasteiger partial charge is 0.413 e. The van der Waals surface area contributed by atoms with Crippen LogP contribution in [0.3, 0.4) is 0 Å². The zero-order valence-electron chi connectivity index (χ0n) is 7.54. The number of aryl methyl sites for hydroxylation is 1. The molecule has 0 aliphatic carbocycles. The summed E-state index contributed by atoms with van der Waals surface area (Å²) >= 11 is 4.52. The van der Waals surface area contributed by atoms with Crippen molar-refractivity contribution in [2.24, 2.45) is 0 Å². The molecule has 1 aromatic rings. The number of nitro benzene ring substituents is 1. The average molecular weight is 238 g/mol. The first-order valence-electron chi connectivity index (χ1n) is 3.81. The van der Waals surface area contributed by atoms with Crippen molar-refractivity contribution in [3.8, 4) is 5.75 Å². The first-order valence-corrected chi connectivity index (χ1v) is 4.19. The van der Waals surface area contributed by atoms with Crippen LogP contribution in [-0.2, 0) is 0 Å². The summed E-state index contributed by atoms with van der Waals surface area (Å²) < 4.78 is 28.6. The molecule has 4 nitrogen and oxygen atoms in total. The van der Waals surface area contributed by atoms with Gasteiger partial charge < -0.3 is 4.74 Å². The predicted molar refractivity (Wildman–Crippen MR) is 49.3 cm³/mol. The monoisotopic (exact) mass is 237 g/mol. The number of halogens is 3. The van der Waals surface area contributed by atoms with Crippen molar-refractivity contribution in [1.82, 2.24) is 0 Å². The van der Waals surface area contributed by atoms with Crippen LogP contribution in [0.4, 0.5) is 14.5 Å². The number of alkyl halides is 3. The zero-order valence-corrected chi connectivity index (χ0v) is 8.29. The Balaban J connectivity index is 3.18. The van der Waals surface area contributed by atoms with Crippen LogP contribution in [-0.4, -0.2) is 10.5 Å². The van der Waals surface area contributed by atoms with E-state index in [9.17, 15) is 18.9 Å². The van der Waals surface area contributed by atoms with Gasteiger partial charge in [-0.3, -0.25) is 10.1 Å². The SMILES string of the molecule is Cc1cccc(OC(F)(F)Cl)c1[N+](=O)[O-]. The van der Waals surface area contributed by atoms with Crippen LogP contribution in [0.1, 0.15) is 5.56 Å². The average Bonchev–Trinajstić information content (AvgIpc) is 1.99. The maximum absolute atomic E-state index is 12.3. The number of ether oxygens (including phenoxy) is 1. The molecule has 0 aromatic heterocycles. The summed E-state index contributed by atoms with van der Waals surface area (Å²) in [5.74, 6) is -0.556. The first-order chi connectivity index (χ1) is 6.81. The van der Waals surface area contributed by atoms with E-state index in [1.165, 1.54) is 19.1 Å². The zero-order chi connectivity index (χ0) is 11.6. The molecule has 0 N–H and O–H groups in total. The van der Waals surface area contributed by atoms with E-state index in [0.29, 0.717) is 0 Å². The van der Waals surface area contributed by atoms with Gasteiger partial charge in [0, 0.05) is 17.2 Å². The number of benzene rings is 1. The Labute approximate surface area is 88.6 Å². The number of nitro groups is 1. The van der Waals surface area contributed by atoms with Gasteiger partial charge in [0.15, 0.2) is 0 Å². The third kappa shape index (κ3) is 3.02. The van der Waals surface area contributed by atoms with E-state index in [1.54, 1.807) is 0 Å². The molecule has 0 saturated heterocycles. The summed E-state index contributed by atoms with van der Waals surface area (Å²) in [4.78, 5) is 9.77. The fourth-order valence-electron chi connectivity index (χ4n) is 1.07. The van der Waals surface area contributed by atoms with Gasteiger partial charge in [0.2, 0.25) is 5.75 Å². The van der Waals surface area contributed by atoms with Gasteiger partial charge in [0.25, 0.3) is 0 Å². The van der Waals surface area contributed by atoms with Gasteiger partial charge in [-0.25, -0.2) is 0 Å². The maximum atomic E-state index is 12.3. The highest BCUT2D eigenvalue weighted by molar-refractivity contribution is 6.20. The second-order valence-electron chi connectivity index (χ2n) is 2.73. The predicted octanol–water partition coefficient (Wildman–Crippen LogP) is 3.07. The molecular formula is C8H6ClF2NO3. The molecule has 82 valence electrons. The van der Waals surface area contributed by atoms with E-state index in [-0.39, 0.29) is 5.56 Å². The van der Waals surface area contributed by atoms with Crippen molar-refractivity contribution in [3.63, 3.8) is 0 Å². The van der Waals surface area contributed by atoms with E-state index in [4.69, 9.17) is 0 Å². The molecule has 0 saturated carbocycles. The highest BCUT2D eigenvalue weighted by Gasteiger charge is 2.31. The van der Waals surface area contributed by atoms with E-state index >= 15 is 0 Å². The topological polar surface area (TPSA) is 52.4 Å². The second kappa shape index (κ2) is 3.98. The summed E-state index contributed by atoms with van der Waals surface area (Å²) in [5, 5.41) is 10.6. The highest BCUT2D eigenvalue weighted by Crippen LogP contribution is 2.34. The Morgan fingerprint density at radius 1 is 1.53 bits per heavy atom. The number of hydrogen-bond donors (Lipinski definition) is 0. The number of nitrogens with zero attached hydrogens (tertiary/aromatic N) is 1. The molecule has 0 aliphatic heterocycles. The number of hydrogen-bond acceptors (Lipinski definition) is 3. The van der Waals surface area contributed by atoms with Crippen LogP contribution in [0.2, 0.25) is 0 Å². The van der Waals surface area contributed by atoms with Crippen LogP contribution in [0.5, 0.6) is 5.75 Å². The van der Waals surface area contributed by atoms with Crippen LogP contribution in [0.15, 0.2) is 18.2 Å². The second-order valence-corrected chi connectivity index (χ2v) is 3.17. The van der Waals surface area contributed by atoms with E-state index in [2.05, 4.69) is 16.3 Å². The van der Waals surface area contributed by atoms with Crippen LogP contribution < -0.4 is 4.74 Å². The van der Waals surface area contributed by atoms with E-state index in [0.717, 1.165) is 6.07 Å². The molecule has 0 amide bonds. The van der Waals surface area contributed by atoms with Crippen molar-refractivity contribution in [2.45, 2.75) is 12.5 Å². The van der Waals surface area contributed by atoms with Gasteiger partial charge in [-0.1, -0.05) is 12.1 Å². The number of para-hydroxylation sites is 1. The third-order valence-corrected chi connectivity index (χ3v) is 1.69. The van der Waals surface area contributed by atoms with Crippen LogP contribution >= 0.6 is 11.6 Å². The van der Waals surface area contributed by atoms with Crippen molar-refractivity contribution >= 4 is 17.3 Å². The normalized spacial score (nSPS) is 11.2. The fraction of sp³-hybridized carbons (Fsp3) is 0.250. The molecule has 1 rings (SSSR count). The first kappa shape index (κ1) is 11.6. The summed E-state index contributed by atoms with van der Waals surface area (Å²) in [6.07, 6.45) is 0. The largest absolute Gasteiger partial charge is 0.487 e. The molecule has 0 aliphatic rings. The summed E-state index contributed by atoms with van der Waals surface area (Å²) in [5.41, 5.74) is -4.25. The summed E-state index contributed by atoms with van der Waals surface area (Å²) in [6, 6.07) is 3.83. The lowest BCUT2D eigenvalue weighted by atomic mass is 10.2. The van der Waals surface area contributed by atoms with Crippen LogP contribution in [0, 0.1) is 17.0 Å². The summed E-state index contributed by atoms with van der Waals surface area (Å²) in [7, 11) is 0. The molecule has 0 bridgehead atoms. The molecule has 0 radical (unpaired) electrons. The van der Waals surface area contributed by atoms with Crippen LogP contribution in [0.25, 0.3) is 0 Å². The molecule has 0 atom stereocenters. The van der Waals surface area contributed by atoms with E-state index in [1.807, 2.05) is 0 Å². The number of rotatable bonds is 3. The molecule has 0 fully saturated rings. The van der Waals surface area contributed by atoms with Gasteiger partial charge in [-0.2, -0.15) is 0 Å². The lowest BCUT2D eigenvalue weighted by Crippen LogP contribution is -2.16. The Kier molecular flexibility index (Phi) is 3.09. The van der Waals surface area contributed by atoms with Crippen molar-refractivity contribution in [3.05, 3.63) is 33.9 Å². The van der Waals surface area contributed by atoms with Crippen molar-refractivity contribution in [1.29, 1.82) is 0 Å². The minimum absolute atomic E-state index is 0.221. The molecule has 7 heteroatoms. The third-order valence-electron chi connectivity index (χ3n) is 1.61. The van der Waals surface area contributed by atoms with Crippen molar-refractivity contribution < 1.29 is 18.4 Å². The van der Waals surface area contributed by atoms with E-state index < -0.39 is 21.9 Å². The fourth-order valence-corrected chi connectivity index (χ4v) is 1.16. The molecule has 0 heterocycles. The van der Waals surface area contributed by atoms with Crippen molar-refractivity contribution in [2.75, 3.05) is 0 Å². The quantitative estimate of drug-likeness (QED) is 0.461. The lowest BCUT2D eigenvalue weighted by Gasteiger charge is -2.11. The molecule has 0 spiro atoms. The molecule has 15 heavy (non-hydrogen) atoms.